The van der Waals surface area contributed by atoms with Gasteiger partial charge in [0.05, 0.1) is 4.60 Å². The standard InChI is InChI=1S/C13H11BrN2O.2C2H6/c1-8-11(7-15)16(2)13(14)12(8)9-3-5-10(17)6-4-9;2*1-2/h3-6,17H,1-2H3;2*1-2H3. The SMILES string of the molecule is CC.CC.Cc1c(-c2ccc(O)cc2)c(Br)n(C)c1C#N. The number of halogens is 1. The summed E-state index contributed by atoms with van der Waals surface area (Å²) in [5.74, 6) is 0.235. The fourth-order valence-electron chi connectivity index (χ4n) is 1.91. The maximum absolute atomic E-state index is 9.28. The molecule has 1 N–H and O–H groups in total. The first kappa shape index (κ1) is 19.3. The number of benzene rings is 1. The second-order valence-corrected chi connectivity index (χ2v) is 4.61. The monoisotopic (exact) mass is 350 g/mol. The van der Waals surface area contributed by atoms with Gasteiger partial charge in [-0.15, -0.1) is 0 Å². The molecule has 0 aliphatic heterocycles. The molecule has 0 fully saturated rings. The Labute approximate surface area is 136 Å². The Bertz CT molecular complexity index is 607. The summed E-state index contributed by atoms with van der Waals surface area (Å²) in [5.41, 5.74) is 3.54. The predicted octanol–water partition coefficient (Wildman–Crippen LogP) is 5.39. The molecule has 114 valence electrons. The lowest BCUT2D eigenvalue weighted by molar-refractivity contribution is 0.475. The first-order chi connectivity index (χ1) is 10.1. The maximum Gasteiger partial charge on any atom is 0.124 e. The van der Waals surface area contributed by atoms with E-state index in [4.69, 9.17) is 5.26 Å². The summed E-state index contributed by atoms with van der Waals surface area (Å²) in [7, 11) is 1.85. The molecule has 0 atom stereocenters. The molecule has 21 heavy (non-hydrogen) atoms. The first-order valence-electron chi connectivity index (χ1n) is 7.10. The summed E-state index contributed by atoms with van der Waals surface area (Å²) >= 11 is 3.50. The average Bonchev–Trinajstić information content (AvgIpc) is 2.74. The van der Waals surface area contributed by atoms with Crippen LogP contribution in [0.3, 0.4) is 0 Å². The molecule has 1 aromatic heterocycles. The number of aromatic hydroxyl groups is 1. The number of rotatable bonds is 1. The number of phenols is 1. The van der Waals surface area contributed by atoms with Gasteiger partial charge in [-0.3, -0.25) is 0 Å². The second kappa shape index (κ2) is 9.25. The van der Waals surface area contributed by atoms with Crippen molar-refractivity contribution >= 4 is 15.9 Å². The fourth-order valence-corrected chi connectivity index (χ4v) is 2.62. The van der Waals surface area contributed by atoms with Crippen LogP contribution < -0.4 is 0 Å². The summed E-state index contributed by atoms with van der Waals surface area (Å²) in [6.07, 6.45) is 0. The predicted molar refractivity (Wildman–Crippen MR) is 92.4 cm³/mol. The molecule has 4 heteroatoms. The maximum atomic E-state index is 9.28. The van der Waals surface area contributed by atoms with Gasteiger partial charge in [0.25, 0.3) is 0 Å². The molecule has 2 aromatic rings. The zero-order valence-corrected chi connectivity index (χ0v) is 15.1. The van der Waals surface area contributed by atoms with Gasteiger partial charge >= 0.3 is 0 Å². The molecule has 0 aliphatic carbocycles. The van der Waals surface area contributed by atoms with Crippen LogP contribution in [0.5, 0.6) is 5.75 Å². The van der Waals surface area contributed by atoms with Gasteiger partial charge in [0.1, 0.15) is 17.5 Å². The van der Waals surface area contributed by atoms with Crippen molar-refractivity contribution in [3.63, 3.8) is 0 Å². The van der Waals surface area contributed by atoms with Crippen LogP contribution in [0, 0.1) is 18.3 Å². The van der Waals surface area contributed by atoms with E-state index in [0.29, 0.717) is 5.69 Å². The van der Waals surface area contributed by atoms with Gasteiger partial charge in [-0.05, 0) is 46.1 Å². The zero-order chi connectivity index (χ0) is 16.6. The van der Waals surface area contributed by atoms with E-state index in [1.807, 2.05) is 58.4 Å². The molecule has 1 aromatic carbocycles. The summed E-state index contributed by atoms with van der Waals surface area (Å²) in [5, 5.41) is 18.4. The van der Waals surface area contributed by atoms with Gasteiger partial charge < -0.3 is 9.67 Å². The lowest BCUT2D eigenvalue weighted by Gasteiger charge is -2.02. The molecule has 0 saturated carbocycles. The van der Waals surface area contributed by atoms with E-state index in [2.05, 4.69) is 22.0 Å². The number of aromatic nitrogens is 1. The van der Waals surface area contributed by atoms with Gasteiger partial charge in [-0.2, -0.15) is 5.26 Å². The molecule has 2 rings (SSSR count). The third-order valence-electron chi connectivity index (χ3n) is 2.83. The van der Waals surface area contributed by atoms with Gasteiger partial charge in [0, 0.05) is 12.6 Å². The summed E-state index contributed by atoms with van der Waals surface area (Å²) in [4.78, 5) is 0. The zero-order valence-electron chi connectivity index (χ0n) is 13.5. The highest BCUT2D eigenvalue weighted by atomic mass is 79.9. The lowest BCUT2D eigenvalue weighted by Crippen LogP contribution is -1.91. The molecule has 3 nitrogen and oxygen atoms in total. The molecule has 0 spiro atoms. The van der Waals surface area contributed by atoms with E-state index in [-0.39, 0.29) is 5.75 Å². The number of hydrogen-bond donors (Lipinski definition) is 1. The average molecular weight is 351 g/mol. The molecule has 0 aliphatic rings. The van der Waals surface area contributed by atoms with E-state index in [1.54, 1.807) is 12.1 Å². The van der Waals surface area contributed by atoms with Crippen LogP contribution in [-0.4, -0.2) is 9.67 Å². The Morgan fingerprint density at radius 3 is 1.95 bits per heavy atom. The van der Waals surface area contributed by atoms with Gasteiger partial charge in [-0.1, -0.05) is 39.8 Å². The molecule has 0 amide bonds. The molecular formula is C17H23BrN2O. The Morgan fingerprint density at radius 1 is 1.10 bits per heavy atom. The summed E-state index contributed by atoms with van der Waals surface area (Å²) in [6.45, 7) is 9.92. The Balaban J connectivity index is 0.000000921. The van der Waals surface area contributed by atoms with E-state index in [9.17, 15) is 5.11 Å². The largest absolute Gasteiger partial charge is 0.508 e. The highest BCUT2D eigenvalue weighted by molar-refractivity contribution is 9.10. The van der Waals surface area contributed by atoms with Crippen molar-refractivity contribution in [3.8, 4) is 22.9 Å². The minimum atomic E-state index is 0.235. The van der Waals surface area contributed by atoms with Crippen LogP contribution in [0.4, 0.5) is 0 Å². The van der Waals surface area contributed by atoms with Crippen molar-refractivity contribution in [3.05, 3.63) is 40.1 Å². The van der Waals surface area contributed by atoms with Crippen molar-refractivity contribution in [2.45, 2.75) is 34.6 Å². The smallest absolute Gasteiger partial charge is 0.124 e. The molecular weight excluding hydrogens is 328 g/mol. The highest BCUT2D eigenvalue weighted by Crippen LogP contribution is 2.35. The van der Waals surface area contributed by atoms with Crippen LogP contribution in [0.1, 0.15) is 39.0 Å². The van der Waals surface area contributed by atoms with Crippen LogP contribution in [0.15, 0.2) is 28.9 Å². The number of hydrogen-bond acceptors (Lipinski definition) is 2. The van der Waals surface area contributed by atoms with Crippen LogP contribution >= 0.6 is 15.9 Å². The van der Waals surface area contributed by atoms with Crippen LogP contribution in [-0.2, 0) is 7.05 Å². The van der Waals surface area contributed by atoms with Gasteiger partial charge in [0.15, 0.2) is 0 Å². The Hall–Kier alpha value is -1.73. The van der Waals surface area contributed by atoms with Crippen molar-refractivity contribution < 1.29 is 5.11 Å². The third kappa shape index (κ3) is 4.12. The Morgan fingerprint density at radius 2 is 1.57 bits per heavy atom. The van der Waals surface area contributed by atoms with Crippen molar-refractivity contribution in [1.82, 2.24) is 4.57 Å². The topological polar surface area (TPSA) is 49.0 Å². The molecule has 0 bridgehead atoms. The first-order valence-corrected chi connectivity index (χ1v) is 7.89. The van der Waals surface area contributed by atoms with E-state index >= 15 is 0 Å². The number of nitrogens with zero attached hydrogens (tertiary/aromatic N) is 2. The third-order valence-corrected chi connectivity index (χ3v) is 3.76. The van der Waals surface area contributed by atoms with E-state index in [1.165, 1.54) is 0 Å². The minimum Gasteiger partial charge on any atom is -0.508 e. The quantitative estimate of drug-likeness (QED) is 0.748. The summed E-state index contributed by atoms with van der Waals surface area (Å²) in [6, 6.07) is 9.14. The Kier molecular flexibility index (Phi) is 8.49. The second-order valence-electron chi connectivity index (χ2n) is 3.86. The van der Waals surface area contributed by atoms with Crippen molar-refractivity contribution in [2.24, 2.45) is 7.05 Å². The van der Waals surface area contributed by atoms with Crippen LogP contribution in [0.25, 0.3) is 11.1 Å². The number of phenolic OH excluding ortho intramolecular Hbond substituents is 1. The molecule has 0 radical (unpaired) electrons. The fraction of sp³-hybridized carbons (Fsp3) is 0.353. The van der Waals surface area contributed by atoms with Crippen molar-refractivity contribution in [1.29, 1.82) is 5.26 Å². The minimum absolute atomic E-state index is 0.235. The molecule has 1 heterocycles. The van der Waals surface area contributed by atoms with Crippen LogP contribution in [0.2, 0.25) is 0 Å². The normalized spacial score (nSPS) is 8.86. The lowest BCUT2D eigenvalue weighted by atomic mass is 10.0. The van der Waals surface area contributed by atoms with Gasteiger partial charge in [0.2, 0.25) is 0 Å². The molecule has 0 saturated heterocycles. The highest BCUT2D eigenvalue weighted by Gasteiger charge is 2.17. The van der Waals surface area contributed by atoms with E-state index < -0.39 is 0 Å². The number of nitriles is 1. The van der Waals surface area contributed by atoms with E-state index in [0.717, 1.165) is 21.3 Å². The summed E-state index contributed by atoms with van der Waals surface area (Å²) < 4.78 is 2.69. The molecule has 0 unspecified atom stereocenters. The van der Waals surface area contributed by atoms with Gasteiger partial charge in [-0.25, -0.2) is 0 Å². The van der Waals surface area contributed by atoms with Crippen molar-refractivity contribution in [2.75, 3.05) is 0 Å².